The minimum absolute atomic E-state index is 0.414. The Morgan fingerprint density at radius 3 is 1.91 bits per heavy atom. The van der Waals surface area contributed by atoms with Gasteiger partial charge >= 0.3 is 0 Å². The van der Waals surface area contributed by atoms with Gasteiger partial charge < -0.3 is 9.47 Å². The largest absolute Gasteiger partial charge is 0.490 e. The van der Waals surface area contributed by atoms with Crippen LogP contribution in [-0.4, -0.2) is 12.2 Å². The van der Waals surface area contributed by atoms with Crippen molar-refractivity contribution < 1.29 is 14.3 Å². The van der Waals surface area contributed by atoms with Gasteiger partial charge in [0.1, 0.15) is 29.5 Å². The summed E-state index contributed by atoms with van der Waals surface area (Å²) in [5.41, 5.74) is 6.87. The van der Waals surface area contributed by atoms with Gasteiger partial charge in [-0.3, -0.25) is 10.3 Å². The number of nitrogens with one attached hydrogen (secondary N) is 1. The molecule has 5 rings (SSSR count). The maximum absolute atomic E-state index is 6.08. The van der Waals surface area contributed by atoms with Crippen LogP contribution >= 0.6 is 15.9 Å². The normalized spacial score (nSPS) is 17.5. The second-order valence-corrected chi connectivity index (χ2v) is 9.69. The molecule has 4 nitrogen and oxygen atoms in total. The fraction of sp³-hybridized carbons (Fsp3) is 0.133. The van der Waals surface area contributed by atoms with Gasteiger partial charge in [-0.1, -0.05) is 76.6 Å². The van der Waals surface area contributed by atoms with E-state index in [0.717, 1.165) is 38.6 Å². The topological polar surface area (TPSA) is 39.7 Å². The number of hydrogen-bond acceptors (Lipinski definition) is 4. The van der Waals surface area contributed by atoms with E-state index >= 15 is 0 Å². The third-order valence-corrected chi connectivity index (χ3v) is 6.50. The molecule has 1 heterocycles. The molecule has 5 heteroatoms. The highest BCUT2D eigenvalue weighted by Crippen LogP contribution is 2.35. The van der Waals surface area contributed by atoms with E-state index in [2.05, 4.69) is 45.7 Å². The first-order chi connectivity index (χ1) is 17.1. The van der Waals surface area contributed by atoms with Crippen molar-refractivity contribution >= 4 is 21.6 Å². The van der Waals surface area contributed by atoms with Crippen LogP contribution < -0.4 is 15.0 Å². The van der Waals surface area contributed by atoms with Crippen molar-refractivity contribution in [3.63, 3.8) is 0 Å². The molecule has 0 aromatic heterocycles. The molecule has 0 spiro atoms. The molecule has 1 unspecified atom stereocenters. The zero-order chi connectivity index (χ0) is 24.1. The molecule has 0 radical (unpaired) electrons. The summed E-state index contributed by atoms with van der Waals surface area (Å²) >= 11 is 3.75. The zero-order valence-corrected chi connectivity index (χ0v) is 21.0. The summed E-state index contributed by atoms with van der Waals surface area (Å²) in [4.78, 5) is 6.05. The molecule has 4 aromatic rings. The Morgan fingerprint density at radius 1 is 0.714 bits per heavy atom. The molecule has 1 atom stereocenters. The second kappa shape index (κ2) is 10.4. The van der Waals surface area contributed by atoms with Crippen molar-refractivity contribution in [2.45, 2.75) is 18.9 Å². The summed E-state index contributed by atoms with van der Waals surface area (Å²) in [7, 11) is 0. The number of hydroxylamine groups is 1. The van der Waals surface area contributed by atoms with Gasteiger partial charge in [0.25, 0.3) is 0 Å². The highest BCUT2D eigenvalue weighted by molar-refractivity contribution is 9.11. The molecule has 0 bridgehead atoms. The SMILES string of the molecule is CC1(COc2ccc(-c3ccccc3)cc2)CC(Br)=C(c2ccc(Oc3ccccc3)cc2)NO1. The zero-order valence-electron chi connectivity index (χ0n) is 19.4. The first kappa shape index (κ1) is 23.2. The monoisotopic (exact) mass is 527 g/mol. The third kappa shape index (κ3) is 5.76. The predicted octanol–water partition coefficient (Wildman–Crippen LogP) is 7.97. The van der Waals surface area contributed by atoms with Crippen LogP contribution in [-0.2, 0) is 4.84 Å². The molecule has 0 saturated carbocycles. The van der Waals surface area contributed by atoms with E-state index in [4.69, 9.17) is 14.3 Å². The molecule has 0 saturated heterocycles. The van der Waals surface area contributed by atoms with Crippen molar-refractivity contribution in [2.24, 2.45) is 0 Å². The molecule has 0 fully saturated rings. The first-order valence-electron chi connectivity index (χ1n) is 11.5. The molecule has 1 aliphatic heterocycles. The molecule has 176 valence electrons. The summed E-state index contributed by atoms with van der Waals surface area (Å²) < 4.78 is 13.0. The Bertz CT molecular complexity index is 1290. The standard InChI is InChI=1S/C30H26BrNO3/c1-30(21-33-25-16-12-23(13-17-25)22-8-4-2-5-9-22)20-28(31)29(32-35-30)24-14-18-27(19-15-24)34-26-10-6-3-7-11-26/h2-19,32H,20-21H2,1H3. The van der Waals surface area contributed by atoms with Crippen LogP contribution in [0.25, 0.3) is 16.8 Å². The molecule has 1 N–H and O–H groups in total. The maximum Gasteiger partial charge on any atom is 0.131 e. The Hall–Kier alpha value is -3.54. The van der Waals surface area contributed by atoms with Crippen LogP contribution in [0.3, 0.4) is 0 Å². The predicted molar refractivity (Wildman–Crippen MR) is 143 cm³/mol. The van der Waals surface area contributed by atoms with Crippen LogP contribution in [0.1, 0.15) is 18.9 Å². The third-order valence-electron chi connectivity index (χ3n) is 5.83. The number of ether oxygens (including phenoxy) is 2. The number of rotatable bonds is 7. The summed E-state index contributed by atoms with van der Waals surface area (Å²) in [5, 5.41) is 0. The molecule has 0 aliphatic carbocycles. The van der Waals surface area contributed by atoms with E-state index in [0.29, 0.717) is 13.0 Å². The van der Waals surface area contributed by atoms with Crippen LogP contribution in [0.5, 0.6) is 17.2 Å². The van der Waals surface area contributed by atoms with Gasteiger partial charge in [-0.2, -0.15) is 0 Å². The van der Waals surface area contributed by atoms with E-state index < -0.39 is 5.60 Å². The van der Waals surface area contributed by atoms with Crippen LogP contribution in [0.15, 0.2) is 114 Å². The smallest absolute Gasteiger partial charge is 0.131 e. The average Bonchev–Trinajstić information content (AvgIpc) is 2.90. The highest BCUT2D eigenvalue weighted by atomic mass is 79.9. The fourth-order valence-electron chi connectivity index (χ4n) is 3.90. The fourth-order valence-corrected chi connectivity index (χ4v) is 4.81. The summed E-state index contributed by atoms with van der Waals surface area (Å²) in [6.07, 6.45) is 0.680. The van der Waals surface area contributed by atoms with Gasteiger partial charge in [0.05, 0.1) is 5.70 Å². The number of hydrogen-bond donors (Lipinski definition) is 1. The van der Waals surface area contributed by atoms with Crippen molar-refractivity contribution in [2.75, 3.05) is 6.61 Å². The van der Waals surface area contributed by atoms with E-state index in [1.54, 1.807) is 0 Å². The quantitative estimate of drug-likeness (QED) is 0.264. The van der Waals surface area contributed by atoms with Crippen molar-refractivity contribution in [3.8, 4) is 28.4 Å². The lowest BCUT2D eigenvalue weighted by Gasteiger charge is -2.35. The number of para-hydroxylation sites is 1. The highest BCUT2D eigenvalue weighted by Gasteiger charge is 2.33. The van der Waals surface area contributed by atoms with Gasteiger partial charge in [-0.05, 0) is 66.6 Å². The minimum Gasteiger partial charge on any atom is -0.490 e. The van der Waals surface area contributed by atoms with Gasteiger partial charge in [0, 0.05) is 16.5 Å². The Kier molecular flexibility index (Phi) is 6.89. The van der Waals surface area contributed by atoms with Crippen molar-refractivity contribution in [1.29, 1.82) is 0 Å². The second-order valence-electron chi connectivity index (χ2n) is 8.73. The number of benzene rings is 4. The minimum atomic E-state index is -0.517. The molecule has 35 heavy (non-hydrogen) atoms. The van der Waals surface area contributed by atoms with Crippen molar-refractivity contribution in [1.82, 2.24) is 5.48 Å². The molecule has 1 aliphatic rings. The van der Waals surface area contributed by atoms with Gasteiger partial charge in [0.15, 0.2) is 0 Å². The van der Waals surface area contributed by atoms with Crippen molar-refractivity contribution in [3.05, 3.63) is 119 Å². The van der Waals surface area contributed by atoms with Gasteiger partial charge in [-0.25, -0.2) is 0 Å². The Morgan fingerprint density at radius 2 is 1.26 bits per heavy atom. The summed E-state index contributed by atoms with van der Waals surface area (Å²) in [5.74, 6) is 2.41. The average molecular weight is 528 g/mol. The lowest BCUT2D eigenvalue weighted by atomic mass is 9.99. The number of halogens is 1. The lowest BCUT2D eigenvalue weighted by Crippen LogP contribution is -2.43. The molecular weight excluding hydrogens is 502 g/mol. The molecule has 4 aromatic carbocycles. The maximum atomic E-state index is 6.08. The van der Waals surface area contributed by atoms with E-state index in [-0.39, 0.29) is 0 Å². The van der Waals surface area contributed by atoms with Crippen LogP contribution in [0, 0.1) is 0 Å². The Balaban J connectivity index is 1.20. The molecular formula is C30H26BrNO3. The summed E-state index contributed by atoms with van der Waals surface area (Å²) in [6, 6.07) is 36.1. The Labute approximate surface area is 214 Å². The van der Waals surface area contributed by atoms with Crippen LogP contribution in [0.2, 0.25) is 0 Å². The van der Waals surface area contributed by atoms with Gasteiger partial charge in [-0.15, -0.1) is 0 Å². The lowest BCUT2D eigenvalue weighted by molar-refractivity contribution is -0.101. The van der Waals surface area contributed by atoms with E-state index in [1.807, 2.05) is 91.9 Å². The van der Waals surface area contributed by atoms with E-state index in [9.17, 15) is 0 Å². The summed E-state index contributed by atoms with van der Waals surface area (Å²) in [6.45, 7) is 2.45. The molecule has 0 amide bonds. The van der Waals surface area contributed by atoms with Crippen LogP contribution in [0.4, 0.5) is 0 Å². The van der Waals surface area contributed by atoms with Gasteiger partial charge in [0.2, 0.25) is 0 Å². The first-order valence-corrected chi connectivity index (χ1v) is 12.3. The van der Waals surface area contributed by atoms with E-state index in [1.165, 1.54) is 5.56 Å².